The highest BCUT2D eigenvalue weighted by atomic mass is 19.4. The molecular weight excluding hydrogens is 265 g/mol. The molecule has 2 aromatic heterocycles. The molecule has 9 heteroatoms. The van der Waals surface area contributed by atoms with E-state index >= 15 is 0 Å². The van der Waals surface area contributed by atoms with Gasteiger partial charge < -0.3 is 4.74 Å². The standard InChI is InChI=1S/C10H11F3N4O2/c1-16-9(18)8-7(4-14-16)5-15-17(8)2-3-19-6-10(11,12)13/h4-5H,2-3,6H2,1H3. The molecule has 19 heavy (non-hydrogen) atoms. The van der Waals surface area contributed by atoms with E-state index in [-0.39, 0.29) is 18.7 Å². The van der Waals surface area contributed by atoms with Crippen LogP contribution >= 0.6 is 0 Å². The lowest BCUT2D eigenvalue weighted by Crippen LogP contribution is -2.23. The van der Waals surface area contributed by atoms with Crippen molar-refractivity contribution in [3.05, 3.63) is 22.7 Å². The number of halogens is 3. The van der Waals surface area contributed by atoms with E-state index in [1.807, 2.05) is 0 Å². The first-order valence-electron chi connectivity index (χ1n) is 5.41. The molecule has 2 rings (SSSR count). The second-order valence-electron chi connectivity index (χ2n) is 3.91. The van der Waals surface area contributed by atoms with E-state index in [4.69, 9.17) is 0 Å². The normalized spacial score (nSPS) is 12.2. The number of nitrogens with zero attached hydrogens (tertiary/aromatic N) is 4. The van der Waals surface area contributed by atoms with Crippen LogP contribution in [0.15, 0.2) is 17.2 Å². The topological polar surface area (TPSA) is 61.9 Å². The largest absolute Gasteiger partial charge is 0.411 e. The van der Waals surface area contributed by atoms with Crippen LogP contribution in [0.2, 0.25) is 0 Å². The number of hydrogen-bond acceptors (Lipinski definition) is 4. The fourth-order valence-electron chi connectivity index (χ4n) is 1.59. The molecule has 0 aliphatic rings. The van der Waals surface area contributed by atoms with Gasteiger partial charge in [0, 0.05) is 12.4 Å². The monoisotopic (exact) mass is 276 g/mol. The van der Waals surface area contributed by atoms with Crippen LogP contribution in [0.3, 0.4) is 0 Å². The fourth-order valence-corrected chi connectivity index (χ4v) is 1.59. The van der Waals surface area contributed by atoms with Crippen molar-refractivity contribution in [1.82, 2.24) is 19.6 Å². The van der Waals surface area contributed by atoms with Gasteiger partial charge in [0.25, 0.3) is 5.56 Å². The molecular formula is C10H11F3N4O2. The van der Waals surface area contributed by atoms with Crippen LogP contribution in [-0.2, 0) is 18.3 Å². The van der Waals surface area contributed by atoms with E-state index in [1.165, 1.54) is 24.1 Å². The van der Waals surface area contributed by atoms with Crippen molar-refractivity contribution in [2.24, 2.45) is 7.05 Å². The maximum Gasteiger partial charge on any atom is 0.411 e. The maximum atomic E-state index is 11.9. The van der Waals surface area contributed by atoms with Crippen LogP contribution in [0.5, 0.6) is 0 Å². The summed E-state index contributed by atoms with van der Waals surface area (Å²) in [4.78, 5) is 11.8. The smallest absolute Gasteiger partial charge is 0.370 e. The molecule has 104 valence electrons. The van der Waals surface area contributed by atoms with Crippen LogP contribution in [0.1, 0.15) is 0 Å². The van der Waals surface area contributed by atoms with Crippen molar-refractivity contribution in [2.45, 2.75) is 12.7 Å². The minimum absolute atomic E-state index is 0.0683. The Morgan fingerprint density at radius 2 is 2.00 bits per heavy atom. The lowest BCUT2D eigenvalue weighted by Gasteiger charge is -2.08. The van der Waals surface area contributed by atoms with E-state index in [9.17, 15) is 18.0 Å². The highest BCUT2D eigenvalue weighted by Crippen LogP contribution is 2.14. The summed E-state index contributed by atoms with van der Waals surface area (Å²) < 4.78 is 42.6. The summed E-state index contributed by atoms with van der Waals surface area (Å²) in [5.74, 6) is 0. The zero-order valence-corrected chi connectivity index (χ0v) is 10.0. The molecule has 0 fully saturated rings. The van der Waals surface area contributed by atoms with Crippen LogP contribution in [0, 0.1) is 0 Å². The Hall–Kier alpha value is -1.90. The molecule has 0 spiro atoms. The van der Waals surface area contributed by atoms with Gasteiger partial charge in [0.2, 0.25) is 0 Å². The van der Waals surface area contributed by atoms with Gasteiger partial charge in [-0.15, -0.1) is 0 Å². The van der Waals surface area contributed by atoms with Gasteiger partial charge in [0.1, 0.15) is 12.1 Å². The van der Waals surface area contributed by atoms with E-state index < -0.39 is 12.8 Å². The number of rotatable bonds is 4. The lowest BCUT2D eigenvalue weighted by molar-refractivity contribution is -0.174. The van der Waals surface area contributed by atoms with Crippen molar-refractivity contribution in [3.8, 4) is 0 Å². The first-order valence-corrected chi connectivity index (χ1v) is 5.41. The highest BCUT2D eigenvalue weighted by molar-refractivity contribution is 5.76. The molecule has 2 heterocycles. The first-order chi connectivity index (χ1) is 8.88. The van der Waals surface area contributed by atoms with Crippen molar-refractivity contribution in [1.29, 1.82) is 0 Å². The Balaban J connectivity index is 2.10. The lowest BCUT2D eigenvalue weighted by atomic mass is 10.4. The van der Waals surface area contributed by atoms with E-state index in [2.05, 4.69) is 14.9 Å². The minimum atomic E-state index is -4.35. The summed E-state index contributed by atoms with van der Waals surface area (Å²) in [5.41, 5.74) is -0.0565. The number of ether oxygens (including phenoxy) is 1. The number of aromatic nitrogens is 4. The summed E-state index contributed by atoms with van der Waals surface area (Å²) in [6.45, 7) is -1.42. The molecule has 6 nitrogen and oxygen atoms in total. The van der Waals surface area contributed by atoms with Crippen LogP contribution in [-0.4, -0.2) is 39.0 Å². The van der Waals surface area contributed by atoms with Crippen molar-refractivity contribution < 1.29 is 17.9 Å². The predicted molar refractivity (Wildman–Crippen MR) is 59.6 cm³/mol. The molecule has 2 aromatic rings. The zero-order chi connectivity index (χ0) is 14.0. The third kappa shape index (κ3) is 3.11. The van der Waals surface area contributed by atoms with Gasteiger partial charge in [-0.2, -0.15) is 23.4 Å². The second-order valence-corrected chi connectivity index (χ2v) is 3.91. The minimum Gasteiger partial charge on any atom is -0.370 e. The third-order valence-corrected chi connectivity index (χ3v) is 2.45. The molecule has 0 atom stereocenters. The van der Waals surface area contributed by atoms with Crippen molar-refractivity contribution in [3.63, 3.8) is 0 Å². The van der Waals surface area contributed by atoms with Gasteiger partial charge in [-0.25, -0.2) is 4.68 Å². The molecule has 0 saturated heterocycles. The van der Waals surface area contributed by atoms with Gasteiger partial charge in [-0.1, -0.05) is 0 Å². The molecule has 0 N–H and O–H groups in total. The summed E-state index contributed by atoms with van der Waals surface area (Å²) in [5, 5.41) is 8.29. The van der Waals surface area contributed by atoms with E-state index in [0.717, 1.165) is 4.68 Å². The quantitative estimate of drug-likeness (QED) is 0.772. The van der Waals surface area contributed by atoms with Gasteiger partial charge >= 0.3 is 6.18 Å². The molecule has 0 unspecified atom stereocenters. The molecule has 0 amide bonds. The zero-order valence-electron chi connectivity index (χ0n) is 10.0. The maximum absolute atomic E-state index is 11.9. The molecule has 0 aliphatic heterocycles. The number of alkyl halides is 3. The van der Waals surface area contributed by atoms with Crippen LogP contribution in [0.25, 0.3) is 10.9 Å². The fraction of sp³-hybridized carbons (Fsp3) is 0.500. The molecule has 0 radical (unpaired) electrons. The third-order valence-electron chi connectivity index (χ3n) is 2.45. The van der Waals surface area contributed by atoms with Gasteiger partial charge in [0.05, 0.1) is 25.5 Å². The predicted octanol–water partition coefficient (Wildman–Crippen LogP) is 0.709. The molecule has 0 aromatic carbocycles. The van der Waals surface area contributed by atoms with Gasteiger partial charge in [-0.05, 0) is 0 Å². The van der Waals surface area contributed by atoms with Gasteiger partial charge in [0.15, 0.2) is 0 Å². The Kier molecular flexibility index (Phi) is 3.56. The molecule has 0 aliphatic carbocycles. The number of aryl methyl sites for hydroxylation is 1. The SMILES string of the molecule is Cn1ncc2cnn(CCOCC(F)(F)F)c2c1=O. The second kappa shape index (κ2) is 5.00. The average molecular weight is 276 g/mol. The Labute approximate surface area is 105 Å². The first kappa shape index (κ1) is 13.5. The Morgan fingerprint density at radius 1 is 1.32 bits per heavy atom. The highest BCUT2D eigenvalue weighted by Gasteiger charge is 2.27. The average Bonchev–Trinajstić information content (AvgIpc) is 2.72. The summed E-state index contributed by atoms with van der Waals surface area (Å²) >= 11 is 0. The van der Waals surface area contributed by atoms with Crippen LogP contribution < -0.4 is 5.56 Å². The number of hydrogen-bond donors (Lipinski definition) is 0. The van der Waals surface area contributed by atoms with E-state index in [0.29, 0.717) is 10.9 Å². The number of fused-ring (bicyclic) bond motifs is 1. The molecule has 0 saturated carbocycles. The summed E-state index contributed by atoms with van der Waals surface area (Å²) in [6, 6.07) is 0. The van der Waals surface area contributed by atoms with Crippen molar-refractivity contribution in [2.75, 3.05) is 13.2 Å². The van der Waals surface area contributed by atoms with E-state index in [1.54, 1.807) is 0 Å². The summed E-state index contributed by atoms with van der Waals surface area (Å²) in [6.07, 6.45) is -1.45. The van der Waals surface area contributed by atoms with Gasteiger partial charge in [-0.3, -0.25) is 9.48 Å². The molecule has 0 bridgehead atoms. The Bertz CT molecular complexity index is 632. The van der Waals surface area contributed by atoms with Crippen LogP contribution in [0.4, 0.5) is 13.2 Å². The summed E-state index contributed by atoms with van der Waals surface area (Å²) in [7, 11) is 1.49. The van der Waals surface area contributed by atoms with Crippen molar-refractivity contribution >= 4 is 10.9 Å². The Morgan fingerprint density at radius 3 is 2.68 bits per heavy atom.